The molecule has 7 nitrogen and oxygen atoms in total. The summed E-state index contributed by atoms with van der Waals surface area (Å²) in [6.07, 6.45) is 8.33. The lowest BCUT2D eigenvalue weighted by molar-refractivity contribution is -0.136. The molecule has 1 saturated carbocycles. The maximum absolute atomic E-state index is 13.2. The zero-order valence-corrected chi connectivity index (χ0v) is 18.0. The van der Waals surface area contributed by atoms with Crippen LogP contribution in [0.2, 0.25) is 0 Å². The molecule has 156 valence electrons. The van der Waals surface area contributed by atoms with E-state index in [0.717, 1.165) is 48.9 Å². The SMILES string of the molecule is CC1CCC(N(C(=O)Nc2ncc(SCCC(=O)O)s2)C2CCNCC2)CC1. The maximum Gasteiger partial charge on any atom is 0.324 e. The number of hydrogen-bond acceptors (Lipinski definition) is 6. The van der Waals surface area contributed by atoms with Gasteiger partial charge in [-0.1, -0.05) is 18.3 Å². The molecule has 1 aliphatic carbocycles. The van der Waals surface area contributed by atoms with Gasteiger partial charge in [0.2, 0.25) is 0 Å². The molecule has 0 radical (unpaired) electrons. The highest BCUT2D eigenvalue weighted by Crippen LogP contribution is 2.32. The number of anilines is 1. The molecular weight excluding hydrogens is 396 g/mol. The van der Waals surface area contributed by atoms with Crippen LogP contribution < -0.4 is 10.6 Å². The van der Waals surface area contributed by atoms with Crippen molar-refractivity contribution in [3.8, 4) is 0 Å². The Bertz CT molecular complexity index is 655. The molecule has 28 heavy (non-hydrogen) atoms. The minimum atomic E-state index is -0.801. The first-order valence-corrected chi connectivity index (χ1v) is 11.9. The fraction of sp³-hybridized carbons (Fsp3) is 0.737. The third-order valence-corrected chi connectivity index (χ3v) is 7.68. The van der Waals surface area contributed by atoms with E-state index in [9.17, 15) is 9.59 Å². The number of aliphatic carboxylic acids is 1. The summed E-state index contributed by atoms with van der Waals surface area (Å²) >= 11 is 2.88. The van der Waals surface area contributed by atoms with Gasteiger partial charge in [0, 0.05) is 17.8 Å². The van der Waals surface area contributed by atoms with Crippen molar-refractivity contribution in [2.24, 2.45) is 5.92 Å². The monoisotopic (exact) mass is 426 g/mol. The highest BCUT2D eigenvalue weighted by Gasteiger charge is 2.34. The average Bonchev–Trinajstić information content (AvgIpc) is 3.11. The first-order valence-electron chi connectivity index (χ1n) is 10.1. The second-order valence-electron chi connectivity index (χ2n) is 7.71. The number of carbonyl (C=O) groups excluding carboxylic acids is 1. The Labute approximate surface area is 174 Å². The van der Waals surface area contributed by atoms with Gasteiger partial charge in [-0.25, -0.2) is 9.78 Å². The van der Waals surface area contributed by atoms with Crippen LogP contribution in [0.25, 0.3) is 0 Å². The molecule has 2 fully saturated rings. The van der Waals surface area contributed by atoms with Crippen LogP contribution in [-0.4, -0.2) is 57.9 Å². The van der Waals surface area contributed by atoms with Gasteiger partial charge in [0.1, 0.15) is 0 Å². The van der Waals surface area contributed by atoms with Gasteiger partial charge in [-0.3, -0.25) is 10.1 Å². The zero-order chi connectivity index (χ0) is 19.9. The second-order valence-corrected chi connectivity index (χ2v) is 10.1. The van der Waals surface area contributed by atoms with Crippen molar-refractivity contribution in [1.82, 2.24) is 15.2 Å². The number of thiazole rings is 1. The standard InChI is InChI=1S/C19H30N4O3S2/c1-13-2-4-14(5-3-13)23(15-6-9-20-10-7-15)19(26)22-18-21-12-17(28-18)27-11-8-16(24)25/h12-15,20H,2-11H2,1H3,(H,24,25)(H,21,22,26). The molecule has 0 spiro atoms. The van der Waals surface area contributed by atoms with E-state index >= 15 is 0 Å². The van der Waals surface area contributed by atoms with E-state index < -0.39 is 5.97 Å². The van der Waals surface area contributed by atoms with E-state index in [2.05, 4.69) is 27.4 Å². The Hall–Kier alpha value is -1.32. The number of thioether (sulfide) groups is 1. The normalized spacial score (nSPS) is 23.3. The summed E-state index contributed by atoms with van der Waals surface area (Å²) in [6.45, 7) is 4.21. The van der Waals surface area contributed by atoms with Gasteiger partial charge in [0.25, 0.3) is 0 Å². The van der Waals surface area contributed by atoms with Crippen LogP contribution in [0.4, 0.5) is 9.93 Å². The summed E-state index contributed by atoms with van der Waals surface area (Å²) in [7, 11) is 0. The number of piperidine rings is 1. The molecule has 1 aliphatic heterocycles. The van der Waals surface area contributed by atoms with Gasteiger partial charge in [-0.2, -0.15) is 0 Å². The molecule has 9 heteroatoms. The van der Waals surface area contributed by atoms with Crippen LogP contribution in [0.15, 0.2) is 10.4 Å². The highest BCUT2D eigenvalue weighted by atomic mass is 32.2. The molecule has 2 aliphatic rings. The second kappa shape index (κ2) is 10.5. The number of amides is 2. The molecule has 1 aromatic heterocycles. The zero-order valence-electron chi connectivity index (χ0n) is 16.4. The van der Waals surface area contributed by atoms with Gasteiger partial charge in [-0.05, 0) is 57.5 Å². The summed E-state index contributed by atoms with van der Waals surface area (Å²) in [5.41, 5.74) is 0. The topological polar surface area (TPSA) is 94.6 Å². The van der Waals surface area contributed by atoms with Crippen LogP contribution in [-0.2, 0) is 4.79 Å². The van der Waals surface area contributed by atoms with Crippen LogP contribution in [0.3, 0.4) is 0 Å². The third-order valence-electron chi connectivity index (χ3n) is 5.57. The third kappa shape index (κ3) is 6.09. The Kier molecular flexibility index (Phi) is 7.99. The lowest BCUT2D eigenvalue weighted by atomic mass is 9.85. The van der Waals surface area contributed by atoms with Crippen molar-refractivity contribution >= 4 is 40.2 Å². The largest absolute Gasteiger partial charge is 0.481 e. The maximum atomic E-state index is 13.2. The summed E-state index contributed by atoms with van der Waals surface area (Å²) < 4.78 is 0.927. The Morgan fingerprint density at radius 1 is 1.25 bits per heavy atom. The molecule has 0 aromatic carbocycles. The van der Waals surface area contributed by atoms with Crippen LogP contribution in [0, 0.1) is 5.92 Å². The fourth-order valence-electron chi connectivity index (χ4n) is 4.01. The van der Waals surface area contributed by atoms with Crippen LogP contribution in [0.5, 0.6) is 0 Å². The molecule has 3 N–H and O–H groups in total. The van der Waals surface area contributed by atoms with Gasteiger partial charge < -0.3 is 15.3 Å². The number of nitrogens with one attached hydrogen (secondary N) is 2. The first-order chi connectivity index (χ1) is 13.5. The number of carbonyl (C=O) groups is 2. The predicted octanol–water partition coefficient (Wildman–Crippen LogP) is 3.87. The number of hydrogen-bond donors (Lipinski definition) is 3. The van der Waals surface area contributed by atoms with E-state index in [1.807, 2.05) is 0 Å². The molecular formula is C19H30N4O3S2. The average molecular weight is 427 g/mol. The summed E-state index contributed by atoms with van der Waals surface area (Å²) in [5, 5.41) is 15.7. The molecule has 3 rings (SSSR count). The smallest absolute Gasteiger partial charge is 0.324 e. The molecule has 0 bridgehead atoms. The van der Waals surface area contributed by atoms with Crippen molar-refractivity contribution in [2.75, 3.05) is 24.2 Å². The number of carboxylic acid groups (broad SMARTS) is 1. The number of rotatable bonds is 7. The van der Waals surface area contributed by atoms with E-state index in [1.165, 1.54) is 35.9 Å². The van der Waals surface area contributed by atoms with Crippen LogP contribution >= 0.6 is 23.1 Å². The van der Waals surface area contributed by atoms with Crippen molar-refractivity contribution < 1.29 is 14.7 Å². The van der Waals surface area contributed by atoms with Gasteiger partial charge in [0.15, 0.2) is 5.13 Å². The fourth-order valence-corrected chi connectivity index (χ4v) is 5.88. The van der Waals surface area contributed by atoms with Crippen molar-refractivity contribution in [2.45, 2.75) is 68.2 Å². The van der Waals surface area contributed by atoms with Crippen molar-refractivity contribution in [3.63, 3.8) is 0 Å². The van der Waals surface area contributed by atoms with E-state index in [-0.39, 0.29) is 18.5 Å². The molecule has 1 saturated heterocycles. The Balaban J connectivity index is 1.62. The molecule has 0 atom stereocenters. The Morgan fingerprint density at radius 3 is 2.61 bits per heavy atom. The molecule has 0 unspecified atom stereocenters. The number of aromatic nitrogens is 1. The highest BCUT2D eigenvalue weighted by molar-refractivity contribution is 8.01. The number of nitrogens with zero attached hydrogens (tertiary/aromatic N) is 2. The minimum Gasteiger partial charge on any atom is -0.481 e. The number of carboxylic acids is 1. The van der Waals surface area contributed by atoms with Crippen molar-refractivity contribution in [3.05, 3.63) is 6.20 Å². The van der Waals surface area contributed by atoms with Crippen molar-refractivity contribution in [1.29, 1.82) is 0 Å². The summed E-state index contributed by atoms with van der Waals surface area (Å²) in [6, 6.07) is 0.551. The predicted molar refractivity (Wildman–Crippen MR) is 113 cm³/mol. The lowest BCUT2D eigenvalue weighted by Crippen LogP contribution is -2.53. The minimum absolute atomic E-state index is 0.0390. The van der Waals surface area contributed by atoms with E-state index in [0.29, 0.717) is 16.9 Å². The van der Waals surface area contributed by atoms with Gasteiger partial charge in [0.05, 0.1) is 16.8 Å². The van der Waals surface area contributed by atoms with E-state index in [4.69, 9.17) is 5.11 Å². The lowest BCUT2D eigenvalue weighted by Gasteiger charge is -2.42. The quantitative estimate of drug-likeness (QED) is 0.573. The van der Waals surface area contributed by atoms with Gasteiger partial charge >= 0.3 is 12.0 Å². The van der Waals surface area contributed by atoms with Crippen LogP contribution in [0.1, 0.15) is 51.9 Å². The first kappa shape index (κ1) is 21.4. The summed E-state index contributed by atoms with van der Waals surface area (Å²) in [5.74, 6) is 0.454. The Morgan fingerprint density at radius 2 is 1.93 bits per heavy atom. The molecule has 1 aromatic rings. The van der Waals surface area contributed by atoms with Gasteiger partial charge in [-0.15, -0.1) is 11.8 Å². The van der Waals surface area contributed by atoms with E-state index in [1.54, 1.807) is 6.20 Å². The molecule has 2 heterocycles. The molecule has 2 amide bonds. The number of urea groups is 1. The summed E-state index contributed by atoms with van der Waals surface area (Å²) in [4.78, 5) is 30.2.